The zero-order valence-corrected chi connectivity index (χ0v) is 8.02. The van der Waals surface area contributed by atoms with Crippen LogP contribution < -0.4 is 0 Å². The van der Waals surface area contributed by atoms with Crippen molar-refractivity contribution in [1.82, 2.24) is 0 Å². The Morgan fingerprint density at radius 3 is 2.00 bits per heavy atom. The maximum absolute atomic E-state index is 8.68. The molecular formula is C12H18O. The molecule has 72 valence electrons. The Morgan fingerprint density at radius 2 is 1.62 bits per heavy atom. The van der Waals surface area contributed by atoms with Crippen molar-refractivity contribution < 1.29 is 5.11 Å². The highest BCUT2D eigenvalue weighted by molar-refractivity contribution is 5.09. The summed E-state index contributed by atoms with van der Waals surface area (Å²) in [7, 11) is 0. The number of hydrogen-bond acceptors (Lipinski definition) is 1. The van der Waals surface area contributed by atoms with Crippen LogP contribution in [0.2, 0.25) is 0 Å². The first kappa shape index (κ1) is 11.9. The van der Waals surface area contributed by atoms with E-state index in [2.05, 4.69) is 25.3 Å². The molecule has 0 aliphatic rings. The van der Waals surface area contributed by atoms with Crippen molar-refractivity contribution in [2.45, 2.75) is 12.8 Å². The van der Waals surface area contributed by atoms with Crippen LogP contribution in [0.25, 0.3) is 0 Å². The van der Waals surface area contributed by atoms with E-state index >= 15 is 0 Å². The van der Waals surface area contributed by atoms with E-state index in [1.807, 2.05) is 12.2 Å². The first-order valence-electron chi connectivity index (χ1n) is 4.54. The van der Waals surface area contributed by atoms with Gasteiger partial charge in [0.15, 0.2) is 0 Å². The molecule has 0 rings (SSSR count). The van der Waals surface area contributed by atoms with Crippen LogP contribution in [0.5, 0.6) is 0 Å². The molecule has 0 radical (unpaired) electrons. The topological polar surface area (TPSA) is 20.2 Å². The molecule has 0 unspecified atom stereocenters. The second-order valence-electron chi connectivity index (χ2n) is 2.77. The maximum Gasteiger partial charge on any atom is 0.0431 e. The molecule has 1 nitrogen and oxygen atoms in total. The van der Waals surface area contributed by atoms with Crippen LogP contribution in [-0.4, -0.2) is 11.7 Å². The summed E-state index contributed by atoms with van der Waals surface area (Å²) in [6.07, 6.45) is 13.3. The minimum absolute atomic E-state index is 0.250. The smallest absolute Gasteiger partial charge is 0.0431 e. The largest absolute Gasteiger partial charge is 0.396 e. The third-order valence-electron chi connectivity index (χ3n) is 1.68. The average molecular weight is 178 g/mol. The molecule has 0 spiro atoms. The fourth-order valence-electron chi connectivity index (χ4n) is 1.03. The van der Waals surface area contributed by atoms with Crippen LogP contribution in [-0.2, 0) is 0 Å². The first-order chi connectivity index (χ1) is 6.35. The molecule has 0 aromatic carbocycles. The Hall–Kier alpha value is -1.08. The van der Waals surface area contributed by atoms with E-state index in [9.17, 15) is 0 Å². The number of aliphatic hydroxyl groups is 1. The van der Waals surface area contributed by atoms with Crippen LogP contribution in [0.15, 0.2) is 49.6 Å². The summed E-state index contributed by atoms with van der Waals surface area (Å²) in [6.45, 7) is 7.48. The predicted octanol–water partition coefficient (Wildman–Crippen LogP) is 2.86. The van der Waals surface area contributed by atoms with E-state index < -0.39 is 0 Å². The van der Waals surface area contributed by atoms with Crippen molar-refractivity contribution in [2.75, 3.05) is 6.61 Å². The van der Waals surface area contributed by atoms with E-state index in [1.165, 1.54) is 0 Å². The lowest BCUT2D eigenvalue weighted by Gasteiger charge is -2.04. The lowest BCUT2D eigenvalue weighted by atomic mass is 10.0. The fourth-order valence-corrected chi connectivity index (χ4v) is 1.03. The quantitative estimate of drug-likeness (QED) is 0.594. The standard InChI is InChI=1S/C12H18O/c1-3-5-8-12(9-6-4-2)10-7-11-13/h3-6,8-9,12-13H,1-2,7,10-11H2. The highest BCUT2D eigenvalue weighted by Gasteiger charge is 1.97. The van der Waals surface area contributed by atoms with Gasteiger partial charge in [0.1, 0.15) is 0 Å². The summed E-state index contributed by atoms with van der Waals surface area (Å²) < 4.78 is 0. The summed E-state index contributed by atoms with van der Waals surface area (Å²) in [5.74, 6) is 0.378. The van der Waals surface area contributed by atoms with Gasteiger partial charge >= 0.3 is 0 Å². The monoisotopic (exact) mass is 178 g/mol. The summed E-state index contributed by atoms with van der Waals surface area (Å²) in [5.41, 5.74) is 0. The van der Waals surface area contributed by atoms with Gasteiger partial charge in [-0.1, -0.05) is 49.6 Å². The zero-order chi connectivity index (χ0) is 9.94. The molecule has 0 saturated heterocycles. The molecule has 1 heteroatoms. The molecule has 0 saturated carbocycles. The van der Waals surface area contributed by atoms with Crippen LogP contribution in [0, 0.1) is 5.92 Å². The van der Waals surface area contributed by atoms with Crippen molar-refractivity contribution in [3.8, 4) is 0 Å². The Kier molecular flexibility index (Phi) is 8.26. The Morgan fingerprint density at radius 1 is 1.08 bits per heavy atom. The van der Waals surface area contributed by atoms with Gasteiger partial charge < -0.3 is 5.11 Å². The summed E-state index contributed by atoms with van der Waals surface area (Å²) in [4.78, 5) is 0. The summed E-state index contributed by atoms with van der Waals surface area (Å²) in [5, 5.41) is 8.68. The van der Waals surface area contributed by atoms with Crippen LogP contribution in [0.4, 0.5) is 0 Å². The second kappa shape index (κ2) is 9.01. The molecule has 0 aliphatic carbocycles. The SMILES string of the molecule is C=CC=CC(C=CC=C)CCCO. The van der Waals surface area contributed by atoms with Gasteiger partial charge in [-0.2, -0.15) is 0 Å². The normalized spacial score (nSPS) is 13.6. The third kappa shape index (κ3) is 7.29. The van der Waals surface area contributed by atoms with Gasteiger partial charge in [-0.15, -0.1) is 0 Å². The van der Waals surface area contributed by atoms with E-state index in [0.29, 0.717) is 5.92 Å². The van der Waals surface area contributed by atoms with Gasteiger partial charge in [-0.05, 0) is 18.8 Å². The van der Waals surface area contributed by atoms with E-state index in [1.54, 1.807) is 12.2 Å². The Bertz CT molecular complexity index is 171. The molecule has 0 atom stereocenters. The van der Waals surface area contributed by atoms with Crippen LogP contribution in [0.1, 0.15) is 12.8 Å². The third-order valence-corrected chi connectivity index (χ3v) is 1.68. The van der Waals surface area contributed by atoms with Gasteiger partial charge in [-0.3, -0.25) is 0 Å². The molecule has 1 N–H and O–H groups in total. The molecule has 0 fully saturated rings. The second-order valence-corrected chi connectivity index (χ2v) is 2.77. The van der Waals surface area contributed by atoms with Crippen molar-refractivity contribution in [1.29, 1.82) is 0 Å². The molecule has 0 aromatic rings. The fraction of sp³-hybridized carbons (Fsp3) is 0.333. The lowest BCUT2D eigenvalue weighted by molar-refractivity contribution is 0.281. The van der Waals surface area contributed by atoms with Crippen LogP contribution in [0.3, 0.4) is 0 Å². The molecule has 0 heterocycles. The van der Waals surface area contributed by atoms with Crippen molar-refractivity contribution in [3.05, 3.63) is 49.6 Å². The number of aliphatic hydroxyl groups excluding tert-OH is 1. The average Bonchev–Trinajstić information content (AvgIpc) is 2.17. The number of rotatable bonds is 7. The minimum atomic E-state index is 0.250. The van der Waals surface area contributed by atoms with E-state index in [4.69, 9.17) is 5.11 Å². The molecule has 0 aliphatic heterocycles. The maximum atomic E-state index is 8.68. The van der Waals surface area contributed by atoms with Crippen molar-refractivity contribution >= 4 is 0 Å². The Labute approximate surface area is 80.8 Å². The van der Waals surface area contributed by atoms with Crippen molar-refractivity contribution in [3.63, 3.8) is 0 Å². The molecule has 0 bridgehead atoms. The van der Waals surface area contributed by atoms with E-state index in [0.717, 1.165) is 12.8 Å². The molecule has 0 aromatic heterocycles. The molecule has 0 amide bonds. The van der Waals surface area contributed by atoms with Gasteiger partial charge in [-0.25, -0.2) is 0 Å². The number of allylic oxidation sites excluding steroid dienone is 6. The van der Waals surface area contributed by atoms with Gasteiger partial charge in [0.05, 0.1) is 0 Å². The highest BCUT2D eigenvalue weighted by atomic mass is 16.2. The number of hydrogen-bond donors (Lipinski definition) is 1. The summed E-state index contributed by atoms with van der Waals surface area (Å²) >= 11 is 0. The molecule has 13 heavy (non-hydrogen) atoms. The minimum Gasteiger partial charge on any atom is -0.396 e. The van der Waals surface area contributed by atoms with E-state index in [-0.39, 0.29) is 6.61 Å². The Balaban J connectivity index is 4.00. The first-order valence-corrected chi connectivity index (χ1v) is 4.54. The lowest BCUT2D eigenvalue weighted by Crippen LogP contribution is -1.94. The predicted molar refractivity (Wildman–Crippen MR) is 58.5 cm³/mol. The van der Waals surface area contributed by atoms with Crippen molar-refractivity contribution in [2.24, 2.45) is 5.92 Å². The zero-order valence-electron chi connectivity index (χ0n) is 8.02. The highest BCUT2D eigenvalue weighted by Crippen LogP contribution is 2.10. The summed E-state index contributed by atoms with van der Waals surface area (Å²) in [6, 6.07) is 0. The van der Waals surface area contributed by atoms with Crippen LogP contribution >= 0.6 is 0 Å². The van der Waals surface area contributed by atoms with Gasteiger partial charge in [0.25, 0.3) is 0 Å². The van der Waals surface area contributed by atoms with Gasteiger partial charge in [0.2, 0.25) is 0 Å². The molecular weight excluding hydrogens is 160 g/mol. The van der Waals surface area contributed by atoms with Gasteiger partial charge in [0, 0.05) is 6.61 Å².